The predicted molar refractivity (Wildman–Crippen MR) is 64.3 cm³/mol. The van der Waals surface area contributed by atoms with Crippen molar-refractivity contribution in [2.45, 2.75) is 26.7 Å². The first kappa shape index (κ1) is 10.8. The summed E-state index contributed by atoms with van der Waals surface area (Å²) in [6.45, 7) is 8.02. The molecule has 0 saturated heterocycles. The molecule has 0 radical (unpaired) electrons. The lowest BCUT2D eigenvalue weighted by atomic mass is 9.97. The molecule has 0 spiro atoms. The van der Waals surface area contributed by atoms with Crippen LogP contribution >= 0.6 is 0 Å². The molecule has 74 valence electrons. The number of benzene rings is 1. The van der Waals surface area contributed by atoms with E-state index in [2.05, 4.69) is 50.8 Å². The lowest BCUT2D eigenvalue weighted by molar-refractivity contribution is 1.07. The van der Waals surface area contributed by atoms with Gasteiger partial charge in [0.15, 0.2) is 0 Å². The topological polar surface area (TPSA) is 0 Å². The van der Waals surface area contributed by atoms with Crippen LogP contribution in [0.2, 0.25) is 0 Å². The second-order valence-electron chi connectivity index (χ2n) is 3.46. The van der Waals surface area contributed by atoms with Gasteiger partial charge in [-0.1, -0.05) is 36.4 Å². The van der Waals surface area contributed by atoms with Gasteiger partial charge in [-0.2, -0.15) is 0 Å². The van der Waals surface area contributed by atoms with Gasteiger partial charge in [-0.25, -0.2) is 0 Å². The summed E-state index contributed by atoms with van der Waals surface area (Å²) in [5.74, 6) is 0. The summed E-state index contributed by atoms with van der Waals surface area (Å²) in [6, 6.07) is 8.53. The number of allylic oxidation sites excluding steroid dienone is 3. The number of rotatable bonds is 4. The van der Waals surface area contributed by atoms with Gasteiger partial charge in [-0.05, 0) is 43.4 Å². The van der Waals surface area contributed by atoms with E-state index in [1.807, 2.05) is 6.08 Å². The van der Waals surface area contributed by atoms with Crippen LogP contribution < -0.4 is 0 Å². The highest BCUT2D eigenvalue weighted by Crippen LogP contribution is 2.22. The average molecular weight is 186 g/mol. The highest BCUT2D eigenvalue weighted by atomic mass is 14.1. The quantitative estimate of drug-likeness (QED) is 0.613. The fourth-order valence-electron chi connectivity index (χ4n) is 1.63. The van der Waals surface area contributed by atoms with Gasteiger partial charge >= 0.3 is 0 Å². The first-order valence-electron chi connectivity index (χ1n) is 5.11. The van der Waals surface area contributed by atoms with Gasteiger partial charge in [0.2, 0.25) is 0 Å². The molecular formula is C14H18. The fourth-order valence-corrected chi connectivity index (χ4v) is 1.63. The Morgan fingerprint density at radius 1 is 1.36 bits per heavy atom. The average Bonchev–Trinajstić information content (AvgIpc) is 2.21. The zero-order valence-corrected chi connectivity index (χ0v) is 9.09. The van der Waals surface area contributed by atoms with E-state index < -0.39 is 0 Å². The van der Waals surface area contributed by atoms with Crippen LogP contribution in [0.15, 0.2) is 43.0 Å². The van der Waals surface area contributed by atoms with Crippen molar-refractivity contribution in [3.63, 3.8) is 0 Å². The van der Waals surface area contributed by atoms with E-state index in [0.29, 0.717) is 0 Å². The summed E-state index contributed by atoms with van der Waals surface area (Å²) in [5.41, 5.74) is 4.14. The Morgan fingerprint density at radius 3 is 2.64 bits per heavy atom. The molecule has 14 heavy (non-hydrogen) atoms. The summed E-state index contributed by atoms with van der Waals surface area (Å²) in [6.07, 6.45) is 6.31. The van der Waals surface area contributed by atoms with Crippen LogP contribution in [0.5, 0.6) is 0 Å². The molecule has 0 nitrogen and oxygen atoms in total. The standard InChI is InChI=1S/C14H18/c1-4-6-10-13(5-2)14-11-8-7-9-12(14)3/h4-5,7-9,11H,1,6,10H2,2-3H3/b13-5-. The van der Waals surface area contributed by atoms with Crippen LogP contribution in [0.3, 0.4) is 0 Å². The molecule has 0 fully saturated rings. The first-order chi connectivity index (χ1) is 6.79. The molecule has 0 atom stereocenters. The van der Waals surface area contributed by atoms with Crippen LogP contribution in [0.4, 0.5) is 0 Å². The van der Waals surface area contributed by atoms with Crippen molar-refractivity contribution in [2.75, 3.05) is 0 Å². The van der Waals surface area contributed by atoms with Crippen molar-refractivity contribution >= 4 is 5.57 Å². The van der Waals surface area contributed by atoms with Gasteiger partial charge in [0.25, 0.3) is 0 Å². The Balaban J connectivity index is 2.90. The molecule has 0 unspecified atom stereocenters. The minimum atomic E-state index is 1.05. The van der Waals surface area contributed by atoms with Gasteiger partial charge in [0.1, 0.15) is 0 Å². The largest absolute Gasteiger partial charge is 0.103 e. The van der Waals surface area contributed by atoms with Crippen LogP contribution in [-0.2, 0) is 0 Å². The maximum Gasteiger partial charge on any atom is -0.0198 e. The molecule has 0 aromatic heterocycles. The third-order valence-electron chi connectivity index (χ3n) is 2.46. The highest BCUT2D eigenvalue weighted by molar-refractivity contribution is 5.67. The molecule has 0 N–H and O–H groups in total. The lowest BCUT2D eigenvalue weighted by Crippen LogP contribution is -1.88. The zero-order chi connectivity index (χ0) is 10.4. The van der Waals surface area contributed by atoms with Crippen molar-refractivity contribution in [2.24, 2.45) is 0 Å². The minimum Gasteiger partial charge on any atom is -0.103 e. The summed E-state index contributed by atoms with van der Waals surface area (Å²) in [4.78, 5) is 0. The van der Waals surface area contributed by atoms with Crippen LogP contribution in [-0.4, -0.2) is 0 Å². The predicted octanol–water partition coefficient (Wildman–Crippen LogP) is 4.36. The molecule has 1 aromatic carbocycles. The monoisotopic (exact) mass is 186 g/mol. The summed E-state index contributed by atoms with van der Waals surface area (Å²) in [7, 11) is 0. The molecule has 0 bridgehead atoms. The van der Waals surface area contributed by atoms with Crippen molar-refractivity contribution < 1.29 is 0 Å². The number of hydrogen-bond donors (Lipinski definition) is 0. The molecule has 1 rings (SSSR count). The van der Waals surface area contributed by atoms with Gasteiger partial charge < -0.3 is 0 Å². The Morgan fingerprint density at radius 2 is 2.07 bits per heavy atom. The fraction of sp³-hybridized carbons (Fsp3) is 0.286. The molecule has 0 aliphatic carbocycles. The Hall–Kier alpha value is -1.30. The van der Waals surface area contributed by atoms with E-state index in [0.717, 1.165) is 12.8 Å². The minimum absolute atomic E-state index is 1.05. The smallest absolute Gasteiger partial charge is 0.0198 e. The van der Waals surface area contributed by atoms with Gasteiger partial charge in [-0.3, -0.25) is 0 Å². The maximum atomic E-state index is 3.76. The summed E-state index contributed by atoms with van der Waals surface area (Å²) >= 11 is 0. The zero-order valence-electron chi connectivity index (χ0n) is 9.09. The second-order valence-corrected chi connectivity index (χ2v) is 3.46. The maximum absolute atomic E-state index is 3.76. The first-order valence-corrected chi connectivity index (χ1v) is 5.11. The molecular weight excluding hydrogens is 168 g/mol. The van der Waals surface area contributed by atoms with E-state index >= 15 is 0 Å². The van der Waals surface area contributed by atoms with Gasteiger partial charge in [-0.15, -0.1) is 6.58 Å². The molecule has 0 heterocycles. The normalized spacial score (nSPS) is 11.4. The summed E-state index contributed by atoms with van der Waals surface area (Å²) in [5, 5.41) is 0. The molecule has 0 aliphatic rings. The van der Waals surface area contributed by atoms with Crippen molar-refractivity contribution in [1.82, 2.24) is 0 Å². The van der Waals surface area contributed by atoms with Crippen LogP contribution in [0.25, 0.3) is 5.57 Å². The van der Waals surface area contributed by atoms with E-state index in [-0.39, 0.29) is 0 Å². The SMILES string of the molecule is C=CCC/C(=C/C)c1ccccc1C. The van der Waals surface area contributed by atoms with Crippen molar-refractivity contribution in [3.8, 4) is 0 Å². The second kappa shape index (κ2) is 5.43. The highest BCUT2D eigenvalue weighted by Gasteiger charge is 2.01. The molecule has 0 aliphatic heterocycles. The van der Waals surface area contributed by atoms with Crippen molar-refractivity contribution in [3.05, 3.63) is 54.1 Å². The van der Waals surface area contributed by atoms with E-state index in [9.17, 15) is 0 Å². The Bertz CT molecular complexity index is 332. The number of hydrogen-bond acceptors (Lipinski definition) is 0. The van der Waals surface area contributed by atoms with Gasteiger partial charge in [0.05, 0.1) is 0 Å². The Kier molecular flexibility index (Phi) is 4.18. The molecule has 1 aromatic rings. The van der Waals surface area contributed by atoms with Crippen LogP contribution in [0, 0.1) is 6.92 Å². The van der Waals surface area contributed by atoms with Crippen molar-refractivity contribution in [1.29, 1.82) is 0 Å². The molecule has 0 amide bonds. The molecule has 0 saturated carbocycles. The van der Waals surface area contributed by atoms with E-state index in [4.69, 9.17) is 0 Å². The Labute approximate surface area is 87.0 Å². The summed E-state index contributed by atoms with van der Waals surface area (Å²) < 4.78 is 0. The van der Waals surface area contributed by atoms with E-state index in [1.54, 1.807) is 0 Å². The third-order valence-corrected chi connectivity index (χ3v) is 2.46. The van der Waals surface area contributed by atoms with Gasteiger partial charge in [0, 0.05) is 0 Å². The lowest BCUT2D eigenvalue weighted by Gasteiger charge is -2.08. The molecule has 0 heteroatoms. The third kappa shape index (κ3) is 2.59. The van der Waals surface area contributed by atoms with E-state index in [1.165, 1.54) is 16.7 Å². The number of aryl methyl sites for hydroxylation is 1. The van der Waals surface area contributed by atoms with Crippen LogP contribution in [0.1, 0.15) is 30.9 Å².